The van der Waals surface area contributed by atoms with E-state index in [4.69, 9.17) is 0 Å². The third-order valence-corrected chi connectivity index (χ3v) is 1.66. The van der Waals surface area contributed by atoms with Gasteiger partial charge in [-0.2, -0.15) is 5.10 Å². The summed E-state index contributed by atoms with van der Waals surface area (Å²) in [6.45, 7) is 1.74. The van der Waals surface area contributed by atoms with Gasteiger partial charge in [-0.25, -0.2) is 10.0 Å². The van der Waals surface area contributed by atoms with E-state index in [0.29, 0.717) is 5.84 Å². The quantitative estimate of drug-likeness (QED) is 0.533. The number of hydrazone groups is 1. The number of hydrogen-bond donors (Lipinski definition) is 1. The highest BCUT2D eigenvalue weighted by molar-refractivity contribution is 6.03. The lowest BCUT2D eigenvalue weighted by atomic mass is 10.2. The fourth-order valence-corrected chi connectivity index (χ4v) is 1.14. The second-order valence-corrected chi connectivity index (χ2v) is 2.61. The van der Waals surface area contributed by atoms with Crippen LogP contribution >= 0.6 is 0 Å². The van der Waals surface area contributed by atoms with Gasteiger partial charge in [-0.05, 0) is 13.0 Å². The molecule has 1 amide bonds. The lowest BCUT2D eigenvalue weighted by Gasteiger charge is -2.28. The second kappa shape index (κ2) is 2.44. The highest BCUT2D eigenvalue weighted by Gasteiger charge is 2.27. The number of amidine groups is 1. The van der Waals surface area contributed by atoms with Crippen LogP contribution in [0.15, 0.2) is 22.4 Å². The minimum Gasteiger partial charge on any atom is -0.311 e. The zero-order valence-corrected chi connectivity index (χ0v) is 6.56. The maximum Gasteiger partial charge on any atom is 0.254 e. The summed E-state index contributed by atoms with van der Waals surface area (Å²) in [4.78, 5) is 15.2. The van der Waals surface area contributed by atoms with Crippen LogP contribution in [0.3, 0.4) is 0 Å². The molecule has 0 fully saturated rings. The molecule has 0 aromatic heterocycles. The summed E-state index contributed by atoms with van der Waals surface area (Å²) in [5, 5.41) is 8.24. The minimum atomic E-state index is -0.328. The van der Waals surface area contributed by atoms with E-state index in [2.05, 4.69) is 15.4 Å². The van der Waals surface area contributed by atoms with Crippen LogP contribution in [0.25, 0.3) is 0 Å². The summed E-state index contributed by atoms with van der Waals surface area (Å²) in [6, 6.07) is -0.328. The lowest BCUT2D eigenvalue weighted by Crippen LogP contribution is -2.50. The molecule has 0 saturated heterocycles. The van der Waals surface area contributed by atoms with E-state index in [1.165, 1.54) is 11.3 Å². The molecule has 2 heterocycles. The van der Waals surface area contributed by atoms with Gasteiger partial charge in [0.05, 0.1) is 0 Å². The number of fused-ring (bicyclic) bond motifs is 1. The first-order valence-electron chi connectivity index (χ1n) is 3.62. The van der Waals surface area contributed by atoms with Crippen molar-refractivity contribution in [2.24, 2.45) is 10.1 Å². The molecular weight excluding hydrogens is 156 g/mol. The number of carbonyl (C=O) groups is 1. The summed E-state index contributed by atoms with van der Waals surface area (Å²) < 4.78 is 0. The Hall–Kier alpha value is -1.65. The molecule has 1 N–H and O–H groups in total. The van der Waals surface area contributed by atoms with Crippen molar-refractivity contribution >= 4 is 18.1 Å². The largest absolute Gasteiger partial charge is 0.311 e. The fraction of sp³-hybridized carbons (Fsp3) is 0.286. The van der Waals surface area contributed by atoms with Crippen molar-refractivity contribution in [3.8, 4) is 0 Å². The van der Waals surface area contributed by atoms with Crippen molar-refractivity contribution in [2.45, 2.75) is 13.0 Å². The van der Waals surface area contributed by atoms with Gasteiger partial charge in [0.1, 0.15) is 12.2 Å². The average Bonchev–Trinajstić information content (AvgIpc) is 2.04. The van der Waals surface area contributed by atoms with Gasteiger partial charge in [0.2, 0.25) is 0 Å². The molecule has 12 heavy (non-hydrogen) atoms. The topological polar surface area (TPSA) is 57.1 Å². The van der Waals surface area contributed by atoms with E-state index in [-0.39, 0.29) is 11.9 Å². The molecule has 1 atom stereocenters. The van der Waals surface area contributed by atoms with E-state index < -0.39 is 0 Å². The molecule has 1 unspecified atom stereocenters. The van der Waals surface area contributed by atoms with Gasteiger partial charge in [-0.3, -0.25) is 4.79 Å². The van der Waals surface area contributed by atoms with Crippen molar-refractivity contribution in [2.75, 3.05) is 0 Å². The predicted molar refractivity (Wildman–Crippen MR) is 44.5 cm³/mol. The van der Waals surface area contributed by atoms with Crippen LogP contribution in [-0.2, 0) is 4.79 Å². The Labute approximate surface area is 69.5 Å². The van der Waals surface area contributed by atoms with Crippen LogP contribution in [0.5, 0.6) is 0 Å². The van der Waals surface area contributed by atoms with Crippen molar-refractivity contribution in [1.29, 1.82) is 0 Å². The first kappa shape index (κ1) is 7.02. The molecular formula is C7H8N4O. The van der Waals surface area contributed by atoms with Gasteiger partial charge in [-0.15, -0.1) is 0 Å². The average molecular weight is 164 g/mol. The van der Waals surface area contributed by atoms with Gasteiger partial charge in [-0.1, -0.05) is 0 Å². The number of hydrogen-bond acceptors (Lipinski definition) is 4. The molecule has 5 heteroatoms. The van der Waals surface area contributed by atoms with Gasteiger partial charge < -0.3 is 5.32 Å². The molecule has 0 bridgehead atoms. The van der Waals surface area contributed by atoms with Gasteiger partial charge in [0, 0.05) is 6.20 Å². The highest BCUT2D eigenvalue weighted by Crippen LogP contribution is 2.08. The Balaban J connectivity index is 2.34. The van der Waals surface area contributed by atoms with Crippen molar-refractivity contribution in [3.63, 3.8) is 0 Å². The monoisotopic (exact) mass is 164 g/mol. The number of nitrogens with one attached hydrogen (secondary N) is 1. The third kappa shape index (κ3) is 0.990. The number of rotatable bonds is 0. The molecule has 2 aliphatic heterocycles. The van der Waals surface area contributed by atoms with Crippen LogP contribution in [0.1, 0.15) is 6.92 Å². The molecule has 5 nitrogen and oxygen atoms in total. The van der Waals surface area contributed by atoms with Crippen LogP contribution in [0.4, 0.5) is 0 Å². The van der Waals surface area contributed by atoms with E-state index in [9.17, 15) is 4.79 Å². The molecule has 2 rings (SSSR count). The Morgan fingerprint density at radius 3 is 3.33 bits per heavy atom. The van der Waals surface area contributed by atoms with E-state index in [1.54, 1.807) is 19.2 Å². The van der Waals surface area contributed by atoms with Crippen LogP contribution in [-0.4, -0.2) is 29.1 Å². The third-order valence-electron chi connectivity index (χ3n) is 1.66. The lowest BCUT2D eigenvalue weighted by molar-refractivity contribution is -0.122. The molecule has 2 aliphatic rings. The number of nitrogens with zero attached hydrogens (tertiary/aromatic N) is 3. The first-order chi connectivity index (χ1) is 5.77. The molecule has 0 aliphatic carbocycles. The standard InChI is InChI=1S/C7H8N4O/c1-5-9-7(12)6-2-3-8-4-11(6)10-5/h2-4,6H,1H3,(H,9,10,12). The second-order valence-electron chi connectivity index (χ2n) is 2.61. The zero-order chi connectivity index (χ0) is 8.55. The van der Waals surface area contributed by atoms with Crippen molar-refractivity contribution in [3.05, 3.63) is 12.3 Å². The number of carbonyl (C=O) groups excluding carboxylic acids is 1. The highest BCUT2D eigenvalue weighted by atomic mass is 16.2. The Bertz CT molecular complexity index is 305. The first-order valence-corrected chi connectivity index (χ1v) is 3.62. The smallest absolute Gasteiger partial charge is 0.254 e. The Morgan fingerprint density at radius 2 is 2.50 bits per heavy atom. The van der Waals surface area contributed by atoms with Gasteiger partial charge in [0.25, 0.3) is 5.91 Å². The molecule has 0 saturated carbocycles. The Morgan fingerprint density at radius 1 is 1.67 bits per heavy atom. The van der Waals surface area contributed by atoms with Crippen molar-refractivity contribution < 1.29 is 4.79 Å². The van der Waals surface area contributed by atoms with E-state index in [1.807, 2.05) is 0 Å². The summed E-state index contributed by atoms with van der Waals surface area (Å²) >= 11 is 0. The van der Waals surface area contributed by atoms with Gasteiger partial charge >= 0.3 is 0 Å². The summed E-state index contributed by atoms with van der Waals surface area (Å²) in [5.41, 5.74) is 0. The van der Waals surface area contributed by atoms with Gasteiger partial charge in [0.15, 0.2) is 6.04 Å². The normalized spacial score (nSPS) is 26.4. The maximum atomic E-state index is 11.3. The zero-order valence-electron chi connectivity index (χ0n) is 6.56. The summed E-state index contributed by atoms with van der Waals surface area (Å²) in [6.07, 6.45) is 4.83. The van der Waals surface area contributed by atoms with Crippen LogP contribution < -0.4 is 5.32 Å². The summed E-state index contributed by atoms with van der Waals surface area (Å²) in [7, 11) is 0. The van der Waals surface area contributed by atoms with Crippen LogP contribution in [0.2, 0.25) is 0 Å². The molecule has 0 spiro atoms. The Kier molecular flexibility index (Phi) is 1.43. The molecule has 62 valence electrons. The minimum absolute atomic E-state index is 0.0649. The maximum absolute atomic E-state index is 11.3. The SMILES string of the molecule is CC1=NN2C=NC=CC2C(=O)N1. The van der Waals surface area contributed by atoms with Crippen molar-refractivity contribution in [1.82, 2.24) is 10.3 Å². The molecule has 0 aromatic rings. The fourth-order valence-electron chi connectivity index (χ4n) is 1.14. The summed E-state index contributed by atoms with van der Waals surface area (Å²) in [5.74, 6) is 0.530. The number of amides is 1. The van der Waals surface area contributed by atoms with Crippen LogP contribution in [0, 0.1) is 0 Å². The van der Waals surface area contributed by atoms with E-state index >= 15 is 0 Å². The van der Waals surface area contributed by atoms with E-state index in [0.717, 1.165) is 0 Å². The molecule has 0 radical (unpaired) electrons. The molecule has 0 aromatic carbocycles. The number of aliphatic imine (C=N–C) groups is 1. The predicted octanol–water partition coefficient (Wildman–Crippen LogP) is -0.324.